The average Bonchev–Trinajstić information content (AvgIpc) is 3.09. The van der Waals surface area contributed by atoms with Crippen LogP contribution in [0.2, 0.25) is 0 Å². The molecule has 3 rings (SSSR count). The van der Waals surface area contributed by atoms with Crippen LogP contribution < -0.4 is 14.4 Å². The summed E-state index contributed by atoms with van der Waals surface area (Å²) in [5.74, 6) is -0.994. The van der Waals surface area contributed by atoms with Crippen LogP contribution in [0.25, 0.3) is 0 Å². The van der Waals surface area contributed by atoms with Gasteiger partial charge in [0.05, 0.1) is 31.0 Å². The van der Waals surface area contributed by atoms with Crippen LogP contribution in [0.5, 0.6) is 11.5 Å². The van der Waals surface area contributed by atoms with Crippen molar-refractivity contribution >= 4 is 29.3 Å². The molecule has 0 spiro atoms. The minimum absolute atomic E-state index is 0.129. The van der Waals surface area contributed by atoms with Gasteiger partial charge >= 0.3 is 5.97 Å². The molecule has 0 atom stereocenters. The van der Waals surface area contributed by atoms with Crippen molar-refractivity contribution in [1.82, 2.24) is 0 Å². The first kappa shape index (κ1) is 20.1. The van der Waals surface area contributed by atoms with Crippen LogP contribution in [-0.4, -0.2) is 44.4 Å². The molecule has 1 aliphatic heterocycles. The summed E-state index contributed by atoms with van der Waals surface area (Å²) < 4.78 is 15.4. The van der Waals surface area contributed by atoms with Gasteiger partial charge in [-0.25, -0.2) is 4.79 Å². The molecule has 29 heavy (non-hydrogen) atoms. The molecule has 8 heteroatoms. The van der Waals surface area contributed by atoms with Gasteiger partial charge < -0.3 is 14.2 Å². The van der Waals surface area contributed by atoms with E-state index in [1.54, 1.807) is 24.3 Å². The van der Waals surface area contributed by atoms with Crippen LogP contribution in [0.3, 0.4) is 0 Å². The maximum atomic E-state index is 12.4. The second-order valence-corrected chi connectivity index (χ2v) is 6.24. The molecule has 2 amide bonds. The third-order valence-corrected chi connectivity index (χ3v) is 4.44. The van der Waals surface area contributed by atoms with Crippen molar-refractivity contribution in [2.45, 2.75) is 12.8 Å². The Kier molecular flexibility index (Phi) is 5.92. The Morgan fingerprint density at radius 3 is 2.34 bits per heavy atom. The van der Waals surface area contributed by atoms with E-state index in [9.17, 15) is 19.2 Å². The number of rotatable bonds is 7. The normalized spacial score (nSPS) is 13.4. The van der Waals surface area contributed by atoms with E-state index in [4.69, 9.17) is 14.2 Å². The largest absolute Gasteiger partial charge is 0.497 e. The smallest absolute Gasteiger partial charge is 0.338 e. The summed E-state index contributed by atoms with van der Waals surface area (Å²) in [6.45, 7) is -0.493. The van der Waals surface area contributed by atoms with Crippen molar-refractivity contribution < 1.29 is 33.4 Å². The zero-order chi connectivity index (χ0) is 21.0. The predicted octanol–water partition coefficient (Wildman–Crippen LogP) is 2.40. The molecule has 0 bridgehead atoms. The van der Waals surface area contributed by atoms with Crippen LogP contribution >= 0.6 is 0 Å². The van der Waals surface area contributed by atoms with Crippen LogP contribution in [0.1, 0.15) is 33.6 Å². The molecule has 0 aromatic heterocycles. The summed E-state index contributed by atoms with van der Waals surface area (Å²) in [6.07, 6.45) is 0.289. The highest BCUT2D eigenvalue weighted by atomic mass is 16.5. The molecular weight excluding hydrogens is 378 g/mol. The number of anilines is 1. The lowest BCUT2D eigenvalue weighted by molar-refractivity contribution is -0.121. The summed E-state index contributed by atoms with van der Waals surface area (Å²) in [5, 5.41) is 0. The molecule has 0 saturated carbocycles. The Labute approximate surface area is 167 Å². The third-order valence-electron chi connectivity index (χ3n) is 4.44. The fourth-order valence-corrected chi connectivity index (χ4v) is 2.96. The summed E-state index contributed by atoms with van der Waals surface area (Å²) in [6, 6.07) is 10.7. The molecule has 8 nitrogen and oxygen atoms in total. The molecule has 0 radical (unpaired) electrons. The Hall–Kier alpha value is -3.68. The summed E-state index contributed by atoms with van der Waals surface area (Å²) in [5.41, 5.74) is 0.683. The highest BCUT2D eigenvalue weighted by Crippen LogP contribution is 2.26. The fraction of sp³-hybridized carbons (Fsp3) is 0.238. The maximum Gasteiger partial charge on any atom is 0.338 e. The van der Waals surface area contributed by atoms with E-state index in [1.165, 1.54) is 32.4 Å². The first-order valence-corrected chi connectivity index (χ1v) is 8.82. The predicted molar refractivity (Wildman–Crippen MR) is 102 cm³/mol. The van der Waals surface area contributed by atoms with Gasteiger partial charge in [-0.1, -0.05) is 6.07 Å². The topological polar surface area (TPSA) is 99.2 Å². The maximum absolute atomic E-state index is 12.4. The first-order valence-electron chi connectivity index (χ1n) is 8.82. The molecule has 0 N–H and O–H groups in total. The fourth-order valence-electron chi connectivity index (χ4n) is 2.96. The minimum atomic E-state index is -0.744. The number of hydrogen-bond donors (Lipinski definition) is 0. The van der Waals surface area contributed by atoms with Gasteiger partial charge in [-0.05, 0) is 30.3 Å². The lowest BCUT2D eigenvalue weighted by atomic mass is 10.1. The van der Waals surface area contributed by atoms with Crippen molar-refractivity contribution in [1.29, 1.82) is 0 Å². The van der Waals surface area contributed by atoms with E-state index in [0.717, 1.165) is 4.90 Å². The van der Waals surface area contributed by atoms with E-state index in [0.29, 0.717) is 17.2 Å². The molecular formula is C21H19NO7. The molecule has 2 aromatic rings. The number of hydrogen-bond acceptors (Lipinski definition) is 7. The van der Waals surface area contributed by atoms with Gasteiger partial charge in [-0.3, -0.25) is 19.3 Å². The lowest BCUT2D eigenvalue weighted by Crippen LogP contribution is -2.28. The Bertz CT molecular complexity index is 967. The Balaban J connectivity index is 1.70. The number of amides is 2. The zero-order valence-corrected chi connectivity index (χ0v) is 16.0. The van der Waals surface area contributed by atoms with Crippen molar-refractivity contribution in [2.24, 2.45) is 0 Å². The van der Waals surface area contributed by atoms with Crippen LogP contribution in [0.4, 0.5) is 5.69 Å². The second-order valence-electron chi connectivity index (χ2n) is 6.24. The van der Waals surface area contributed by atoms with E-state index >= 15 is 0 Å². The number of nitrogens with zero attached hydrogens (tertiary/aromatic N) is 1. The van der Waals surface area contributed by atoms with Gasteiger partial charge in [-0.2, -0.15) is 0 Å². The van der Waals surface area contributed by atoms with Crippen molar-refractivity contribution in [3.63, 3.8) is 0 Å². The van der Waals surface area contributed by atoms with Crippen molar-refractivity contribution in [3.05, 3.63) is 53.6 Å². The van der Waals surface area contributed by atoms with E-state index in [1.807, 2.05) is 0 Å². The molecule has 0 aliphatic carbocycles. The number of benzene rings is 2. The molecule has 1 fully saturated rings. The van der Waals surface area contributed by atoms with Crippen molar-refractivity contribution in [3.8, 4) is 11.5 Å². The number of esters is 1. The molecule has 0 unspecified atom stereocenters. The zero-order valence-electron chi connectivity index (χ0n) is 16.0. The number of imide groups is 1. The SMILES string of the molecule is COc1ccc(C(=O)COC(=O)c2cccc(N3C(=O)CCC3=O)c2)c(OC)c1. The van der Waals surface area contributed by atoms with E-state index in [-0.39, 0.29) is 35.8 Å². The summed E-state index contributed by atoms with van der Waals surface area (Å²) >= 11 is 0. The Morgan fingerprint density at radius 1 is 0.966 bits per heavy atom. The monoisotopic (exact) mass is 397 g/mol. The van der Waals surface area contributed by atoms with Crippen LogP contribution in [0, 0.1) is 0 Å². The highest BCUT2D eigenvalue weighted by Gasteiger charge is 2.30. The van der Waals surface area contributed by atoms with E-state index < -0.39 is 18.4 Å². The lowest BCUT2D eigenvalue weighted by Gasteiger charge is -2.14. The average molecular weight is 397 g/mol. The molecule has 1 aliphatic rings. The first-order chi connectivity index (χ1) is 13.9. The molecule has 2 aromatic carbocycles. The number of Topliss-reactive ketones (excluding diaryl/α,β-unsaturated/α-hetero) is 1. The second kappa shape index (κ2) is 8.55. The standard InChI is InChI=1S/C21H19NO7/c1-27-15-6-7-16(18(11-15)28-2)17(23)12-29-21(26)13-4-3-5-14(10-13)22-19(24)8-9-20(22)25/h3-7,10-11H,8-9,12H2,1-2H3. The molecule has 150 valence electrons. The summed E-state index contributed by atoms with van der Waals surface area (Å²) in [7, 11) is 2.92. The van der Waals surface area contributed by atoms with Gasteiger partial charge in [0, 0.05) is 18.9 Å². The van der Waals surface area contributed by atoms with E-state index in [2.05, 4.69) is 0 Å². The summed E-state index contributed by atoms with van der Waals surface area (Å²) in [4.78, 5) is 49.6. The number of carbonyl (C=O) groups excluding carboxylic acids is 4. The van der Waals surface area contributed by atoms with Crippen molar-refractivity contribution in [2.75, 3.05) is 25.7 Å². The third kappa shape index (κ3) is 4.26. The number of ether oxygens (including phenoxy) is 3. The minimum Gasteiger partial charge on any atom is -0.497 e. The Morgan fingerprint density at radius 2 is 1.69 bits per heavy atom. The van der Waals surface area contributed by atoms with Crippen LogP contribution in [0.15, 0.2) is 42.5 Å². The number of methoxy groups -OCH3 is 2. The van der Waals surface area contributed by atoms with Gasteiger partial charge in [-0.15, -0.1) is 0 Å². The molecule has 1 heterocycles. The van der Waals surface area contributed by atoms with Gasteiger partial charge in [0.25, 0.3) is 0 Å². The van der Waals surface area contributed by atoms with Gasteiger partial charge in [0.15, 0.2) is 6.61 Å². The number of carbonyl (C=O) groups is 4. The van der Waals surface area contributed by atoms with Crippen LogP contribution in [-0.2, 0) is 14.3 Å². The van der Waals surface area contributed by atoms with Gasteiger partial charge in [0.1, 0.15) is 11.5 Å². The molecule has 1 saturated heterocycles. The highest BCUT2D eigenvalue weighted by molar-refractivity contribution is 6.20. The van der Waals surface area contributed by atoms with Gasteiger partial charge in [0.2, 0.25) is 17.6 Å². The number of ketones is 1. The quantitative estimate of drug-likeness (QED) is 0.402.